The summed E-state index contributed by atoms with van der Waals surface area (Å²) in [5.41, 5.74) is 0. The van der Waals surface area contributed by atoms with Crippen molar-refractivity contribution in [1.29, 1.82) is 0 Å². The number of nitrogens with zero attached hydrogens (tertiary/aromatic N) is 2. The van der Waals surface area contributed by atoms with Gasteiger partial charge in [0.2, 0.25) is 0 Å². The van der Waals surface area contributed by atoms with Gasteiger partial charge >= 0.3 is 0 Å². The Hall–Kier alpha value is -0.120. The van der Waals surface area contributed by atoms with E-state index in [2.05, 4.69) is 43.1 Å². The molecule has 3 heteroatoms. The Morgan fingerprint density at radius 1 is 1.25 bits per heavy atom. The Morgan fingerprint density at radius 3 is 2.38 bits per heavy atom. The summed E-state index contributed by atoms with van der Waals surface area (Å²) >= 11 is 0. The highest BCUT2D eigenvalue weighted by Gasteiger charge is 2.20. The molecule has 1 aliphatic rings. The second-order valence-corrected chi connectivity index (χ2v) is 5.28. The molecule has 0 aliphatic carbocycles. The van der Waals surface area contributed by atoms with Crippen molar-refractivity contribution in [3.8, 4) is 0 Å². The van der Waals surface area contributed by atoms with Crippen molar-refractivity contribution in [2.24, 2.45) is 0 Å². The van der Waals surface area contributed by atoms with Crippen LogP contribution in [0.4, 0.5) is 0 Å². The predicted octanol–water partition coefficient (Wildman–Crippen LogP) is 1.40. The molecule has 1 N–H and O–H groups in total. The van der Waals surface area contributed by atoms with E-state index in [0.29, 0.717) is 0 Å². The van der Waals surface area contributed by atoms with Gasteiger partial charge in [0.05, 0.1) is 0 Å². The minimum absolute atomic E-state index is 0.723. The van der Waals surface area contributed by atoms with Crippen molar-refractivity contribution < 1.29 is 0 Å². The third kappa shape index (κ3) is 4.40. The van der Waals surface area contributed by atoms with Crippen molar-refractivity contribution in [3.05, 3.63) is 0 Å². The van der Waals surface area contributed by atoms with Crippen LogP contribution in [0.15, 0.2) is 0 Å². The minimum Gasteiger partial charge on any atom is -0.314 e. The van der Waals surface area contributed by atoms with Crippen LogP contribution in [0, 0.1) is 0 Å². The highest BCUT2D eigenvalue weighted by Crippen LogP contribution is 2.14. The first-order chi connectivity index (χ1) is 7.65. The maximum atomic E-state index is 3.42. The molecule has 1 aliphatic heterocycles. The predicted molar refractivity (Wildman–Crippen MR) is 70.9 cm³/mol. The maximum absolute atomic E-state index is 3.42. The summed E-state index contributed by atoms with van der Waals surface area (Å²) in [6, 6.07) is 1.47. The molecule has 16 heavy (non-hydrogen) atoms. The Morgan fingerprint density at radius 2 is 1.88 bits per heavy atom. The van der Waals surface area contributed by atoms with Gasteiger partial charge in [-0.3, -0.25) is 4.90 Å². The summed E-state index contributed by atoms with van der Waals surface area (Å²) in [7, 11) is 4.43. The first-order valence-electron chi connectivity index (χ1n) is 6.76. The van der Waals surface area contributed by atoms with E-state index in [-0.39, 0.29) is 0 Å². The highest BCUT2D eigenvalue weighted by atomic mass is 15.2. The van der Waals surface area contributed by atoms with Crippen LogP contribution >= 0.6 is 0 Å². The zero-order valence-electron chi connectivity index (χ0n) is 11.5. The van der Waals surface area contributed by atoms with E-state index in [9.17, 15) is 0 Å². The largest absolute Gasteiger partial charge is 0.314 e. The first kappa shape index (κ1) is 13.9. The van der Waals surface area contributed by atoms with Gasteiger partial charge in [0, 0.05) is 38.3 Å². The van der Waals surface area contributed by atoms with Gasteiger partial charge in [-0.15, -0.1) is 0 Å². The van der Waals surface area contributed by atoms with Crippen LogP contribution < -0.4 is 5.32 Å². The molecular weight excluding hydrogens is 198 g/mol. The molecule has 0 radical (unpaired) electrons. The SMILES string of the molecule is CCCC(CC(C)N1CCNCC1)N(C)C. The fourth-order valence-electron chi connectivity index (χ4n) is 2.59. The van der Waals surface area contributed by atoms with E-state index in [1.807, 2.05) is 0 Å². The fraction of sp³-hybridized carbons (Fsp3) is 1.00. The lowest BCUT2D eigenvalue weighted by Gasteiger charge is -2.36. The van der Waals surface area contributed by atoms with Crippen molar-refractivity contribution in [1.82, 2.24) is 15.1 Å². The molecule has 1 heterocycles. The molecule has 1 rings (SSSR count). The molecule has 0 aromatic heterocycles. The Labute approximate surface area is 101 Å². The van der Waals surface area contributed by atoms with E-state index in [1.54, 1.807) is 0 Å². The van der Waals surface area contributed by atoms with Crippen LogP contribution in [0.2, 0.25) is 0 Å². The summed E-state index contributed by atoms with van der Waals surface area (Å²) in [6.45, 7) is 9.42. The van der Waals surface area contributed by atoms with Gasteiger partial charge in [0.15, 0.2) is 0 Å². The van der Waals surface area contributed by atoms with Crippen LogP contribution in [0.1, 0.15) is 33.1 Å². The summed E-state index contributed by atoms with van der Waals surface area (Å²) < 4.78 is 0. The third-order valence-electron chi connectivity index (χ3n) is 3.74. The van der Waals surface area contributed by atoms with Gasteiger partial charge in [-0.2, -0.15) is 0 Å². The van der Waals surface area contributed by atoms with Gasteiger partial charge in [-0.05, 0) is 33.9 Å². The van der Waals surface area contributed by atoms with Gasteiger partial charge in [0.25, 0.3) is 0 Å². The van der Waals surface area contributed by atoms with Crippen molar-refractivity contribution in [3.63, 3.8) is 0 Å². The highest BCUT2D eigenvalue weighted by molar-refractivity contribution is 4.78. The lowest BCUT2D eigenvalue weighted by Crippen LogP contribution is -2.49. The second kappa shape index (κ2) is 7.25. The lowest BCUT2D eigenvalue weighted by molar-refractivity contribution is 0.140. The molecule has 1 fully saturated rings. The van der Waals surface area contributed by atoms with E-state index >= 15 is 0 Å². The number of hydrogen-bond donors (Lipinski definition) is 1. The molecule has 1 saturated heterocycles. The minimum atomic E-state index is 0.723. The maximum Gasteiger partial charge on any atom is 0.0110 e. The molecule has 0 aromatic rings. The average molecular weight is 227 g/mol. The van der Waals surface area contributed by atoms with Crippen LogP contribution in [0.25, 0.3) is 0 Å². The molecule has 0 saturated carbocycles. The van der Waals surface area contributed by atoms with Gasteiger partial charge in [-0.25, -0.2) is 0 Å². The summed E-state index contributed by atoms with van der Waals surface area (Å²) in [6.07, 6.45) is 3.92. The van der Waals surface area contributed by atoms with E-state index in [4.69, 9.17) is 0 Å². The van der Waals surface area contributed by atoms with E-state index < -0.39 is 0 Å². The third-order valence-corrected chi connectivity index (χ3v) is 3.74. The molecule has 96 valence electrons. The normalized spacial score (nSPS) is 22.3. The smallest absolute Gasteiger partial charge is 0.0110 e. The fourth-order valence-corrected chi connectivity index (χ4v) is 2.59. The number of hydrogen-bond acceptors (Lipinski definition) is 3. The summed E-state index contributed by atoms with van der Waals surface area (Å²) in [4.78, 5) is 5.02. The van der Waals surface area contributed by atoms with Crippen LogP contribution in [0.3, 0.4) is 0 Å². The molecule has 0 aromatic carbocycles. The van der Waals surface area contributed by atoms with Crippen molar-refractivity contribution in [2.45, 2.75) is 45.2 Å². The van der Waals surface area contributed by atoms with Gasteiger partial charge in [-0.1, -0.05) is 13.3 Å². The zero-order chi connectivity index (χ0) is 12.0. The van der Waals surface area contributed by atoms with E-state index in [1.165, 1.54) is 32.4 Å². The van der Waals surface area contributed by atoms with E-state index in [0.717, 1.165) is 25.2 Å². The molecule has 0 spiro atoms. The van der Waals surface area contributed by atoms with Crippen molar-refractivity contribution in [2.75, 3.05) is 40.3 Å². The Balaban J connectivity index is 2.36. The molecule has 0 bridgehead atoms. The van der Waals surface area contributed by atoms with Crippen LogP contribution in [0.5, 0.6) is 0 Å². The molecule has 3 nitrogen and oxygen atoms in total. The molecule has 2 atom stereocenters. The number of nitrogens with one attached hydrogen (secondary N) is 1. The topological polar surface area (TPSA) is 18.5 Å². The molecule has 0 amide bonds. The standard InChI is InChI=1S/C13H29N3/c1-5-6-13(15(3)4)11-12(2)16-9-7-14-8-10-16/h12-14H,5-11H2,1-4H3. The monoisotopic (exact) mass is 227 g/mol. The molecule has 2 unspecified atom stereocenters. The Bertz CT molecular complexity index is 176. The van der Waals surface area contributed by atoms with Crippen molar-refractivity contribution >= 4 is 0 Å². The second-order valence-electron chi connectivity index (χ2n) is 5.28. The summed E-state index contributed by atoms with van der Waals surface area (Å²) in [5.74, 6) is 0. The van der Waals surface area contributed by atoms with Crippen LogP contribution in [-0.4, -0.2) is 62.2 Å². The average Bonchev–Trinajstić information content (AvgIpc) is 2.29. The quantitative estimate of drug-likeness (QED) is 0.740. The summed E-state index contributed by atoms with van der Waals surface area (Å²) in [5, 5.41) is 3.42. The number of piperazine rings is 1. The first-order valence-corrected chi connectivity index (χ1v) is 6.76. The zero-order valence-corrected chi connectivity index (χ0v) is 11.5. The van der Waals surface area contributed by atoms with Crippen LogP contribution in [-0.2, 0) is 0 Å². The number of rotatable bonds is 6. The van der Waals surface area contributed by atoms with Gasteiger partial charge < -0.3 is 10.2 Å². The van der Waals surface area contributed by atoms with Gasteiger partial charge in [0.1, 0.15) is 0 Å². The lowest BCUT2D eigenvalue weighted by atomic mass is 10.0. The molecular formula is C13H29N3. The Kier molecular flexibility index (Phi) is 6.32.